The summed E-state index contributed by atoms with van der Waals surface area (Å²) in [5, 5.41) is 0.594. The molecule has 0 atom stereocenters. The Morgan fingerprint density at radius 1 is 0.696 bits per heavy atom. The van der Waals surface area contributed by atoms with Crippen LogP contribution in [0.25, 0.3) is 43.6 Å². The number of benzene rings is 2. The van der Waals surface area contributed by atoms with E-state index in [0.29, 0.717) is 16.6 Å². The Kier molecular flexibility index (Phi) is 1.89. The average molecular weight is 306 g/mol. The minimum atomic E-state index is -0.600. The van der Waals surface area contributed by atoms with Crippen LogP contribution in [0, 0.1) is 0 Å². The summed E-state index contributed by atoms with van der Waals surface area (Å²) in [6.45, 7) is 0. The standard InChI is InChI=1S/C15H6N4O4/c20-4-1-2-5(21)10-6(4)7-8-9(15(23)19-14(8)22)11-13(12(7)18-10)17-3-16-11/h1-3,18H,(H,16,17)(H,19,22,23). The molecular formula is C15H6N4O4. The van der Waals surface area contributed by atoms with Gasteiger partial charge in [0.15, 0.2) is 5.43 Å². The quantitative estimate of drug-likeness (QED) is 0.371. The van der Waals surface area contributed by atoms with Gasteiger partial charge in [-0.3, -0.25) is 24.2 Å². The molecule has 0 saturated carbocycles. The van der Waals surface area contributed by atoms with Gasteiger partial charge in [0.1, 0.15) is 5.52 Å². The van der Waals surface area contributed by atoms with Crippen molar-refractivity contribution >= 4 is 43.6 Å². The SMILES string of the molecule is O=c1ccc(=O)c2c1[nH]c1c3[nH]cnc3c3c(=O)[nH]c(=O)c3c12. The molecule has 5 aromatic rings. The molecule has 23 heavy (non-hydrogen) atoms. The van der Waals surface area contributed by atoms with Gasteiger partial charge in [0, 0.05) is 5.39 Å². The first-order valence-corrected chi connectivity index (χ1v) is 6.75. The van der Waals surface area contributed by atoms with Gasteiger partial charge in [0.2, 0.25) is 5.43 Å². The summed E-state index contributed by atoms with van der Waals surface area (Å²) in [4.78, 5) is 60.8. The molecule has 3 N–H and O–H groups in total. The first kappa shape index (κ1) is 12.0. The molecule has 0 amide bonds. The van der Waals surface area contributed by atoms with Crippen molar-refractivity contribution in [3.8, 4) is 0 Å². The Morgan fingerprint density at radius 2 is 1.43 bits per heavy atom. The highest BCUT2D eigenvalue weighted by Gasteiger charge is 2.22. The molecule has 0 aliphatic heterocycles. The van der Waals surface area contributed by atoms with Gasteiger partial charge in [0.25, 0.3) is 11.1 Å². The third kappa shape index (κ3) is 1.24. The Bertz CT molecular complexity index is 1490. The third-order valence-corrected chi connectivity index (χ3v) is 4.19. The van der Waals surface area contributed by atoms with Crippen LogP contribution in [0.3, 0.4) is 0 Å². The summed E-state index contributed by atoms with van der Waals surface area (Å²) in [7, 11) is 0. The van der Waals surface area contributed by atoms with Gasteiger partial charge < -0.3 is 9.97 Å². The zero-order valence-electron chi connectivity index (χ0n) is 11.3. The number of fused-ring (bicyclic) bond motifs is 8. The predicted octanol–water partition coefficient (Wildman–Crippen LogP) is -0.00490. The number of rotatable bonds is 0. The van der Waals surface area contributed by atoms with Gasteiger partial charge in [-0.2, -0.15) is 0 Å². The van der Waals surface area contributed by atoms with E-state index in [1.54, 1.807) is 0 Å². The maximum absolute atomic E-state index is 12.3. The van der Waals surface area contributed by atoms with Gasteiger partial charge in [-0.1, -0.05) is 0 Å². The lowest BCUT2D eigenvalue weighted by atomic mass is 10.1. The largest absolute Gasteiger partial charge is 0.349 e. The van der Waals surface area contributed by atoms with Crippen LogP contribution in [0.4, 0.5) is 0 Å². The number of aromatic amines is 3. The van der Waals surface area contributed by atoms with Crippen LogP contribution in [0.2, 0.25) is 0 Å². The van der Waals surface area contributed by atoms with E-state index in [9.17, 15) is 19.2 Å². The van der Waals surface area contributed by atoms with E-state index in [-0.39, 0.29) is 37.9 Å². The Morgan fingerprint density at radius 3 is 2.26 bits per heavy atom. The molecule has 8 heteroatoms. The highest BCUT2D eigenvalue weighted by atomic mass is 16.2. The van der Waals surface area contributed by atoms with E-state index < -0.39 is 11.1 Å². The van der Waals surface area contributed by atoms with Crippen LogP contribution in [0.5, 0.6) is 0 Å². The van der Waals surface area contributed by atoms with E-state index in [4.69, 9.17) is 0 Å². The van der Waals surface area contributed by atoms with Crippen LogP contribution in [0.15, 0.2) is 37.6 Å². The molecule has 2 aromatic carbocycles. The zero-order chi connectivity index (χ0) is 15.9. The summed E-state index contributed by atoms with van der Waals surface area (Å²) in [6.07, 6.45) is 1.39. The molecule has 0 bridgehead atoms. The summed E-state index contributed by atoms with van der Waals surface area (Å²) in [5.41, 5.74) is -0.594. The van der Waals surface area contributed by atoms with Crippen molar-refractivity contribution in [3.05, 3.63) is 59.6 Å². The van der Waals surface area contributed by atoms with Gasteiger partial charge in [-0.05, 0) is 12.1 Å². The number of hydrogen-bond donors (Lipinski definition) is 3. The van der Waals surface area contributed by atoms with Gasteiger partial charge >= 0.3 is 0 Å². The molecule has 3 heterocycles. The zero-order valence-corrected chi connectivity index (χ0v) is 11.3. The molecule has 0 spiro atoms. The number of aromatic nitrogens is 4. The fraction of sp³-hybridized carbons (Fsp3) is 0. The van der Waals surface area contributed by atoms with E-state index in [0.717, 1.165) is 6.07 Å². The molecule has 110 valence electrons. The number of imidazole rings is 1. The lowest BCUT2D eigenvalue weighted by Gasteiger charge is -1.95. The Balaban J connectivity index is 2.40. The van der Waals surface area contributed by atoms with Gasteiger partial charge in [0.05, 0.1) is 39.0 Å². The second kappa shape index (κ2) is 3.61. The van der Waals surface area contributed by atoms with Crippen molar-refractivity contribution in [2.45, 2.75) is 0 Å². The van der Waals surface area contributed by atoms with E-state index in [2.05, 4.69) is 19.9 Å². The monoisotopic (exact) mass is 306 g/mol. The lowest BCUT2D eigenvalue weighted by molar-refractivity contribution is 1.26. The van der Waals surface area contributed by atoms with Crippen molar-refractivity contribution in [2.75, 3.05) is 0 Å². The van der Waals surface area contributed by atoms with Crippen LogP contribution in [-0.4, -0.2) is 19.9 Å². The number of H-pyrrole nitrogens is 3. The smallest absolute Gasteiger partial charge is 0.261 e. The lowest BCUT2D eigenvalue weighted by Crippen LogP contribution is -2.08. The molecular weight excluding hydrogens is 300 g/mol. The molecule has 3 aromatic heterocycles. The van der Waals surface area contributed by atoms with Crippen molar-refractivity contribution in [1.82, 2.24) is 19.9 Å². The second-order valence-electron chi connectivity index (χ2n) is 5.35. The van der Waals surface area contributed by atoms with E-state index in [1.807, 2.05) is 0 Å². The van der Waals surface area contributed by atoms with Crippen molar-refractivity contribution in [1.29, 1.82) is 0 Å². The fourth-order valence-electron chi connectivity index (χ4n) is 3.28. The minimum absolute atomic E-state index is 0.0820. The summed E-state index contributed by atoms with van der Waals surface area (Å²) >= 11 is 0. The van der Waals surface area contributed by atoms with Crippen molar-refractivity contribution in [3.63, 3.8) is 0 Å². The molecule has 0 unspecified atom stereocenters. The van der Waals surface area contributed by atoms with Crippen molar-refractivity contribution in [2.24, 2.45) is 0 Å². The molecule has 8 nitrogen and oxygen atoms in total. The van der Waals surface area contributed by atoms with E-state index >= 15 is 0 Å². The molecule has 0 saturated heterocycles. The summed E-state index contributed by atoms with van der Waals surface area (Å²) in [6, 6.07) is 2.34. The molecule has 0 aliphatic carbocycles. The number of hydrogen-bond acceptors (Lipinski definition) is 5. The summed E-state index contributed by atoms with van der Waals surface area (Å²) in [5.74, 6) is 0. The molecule has 0 aliphatic rings. The molecule has 5 rings (SSSR count). The topological polar surface area (TPSA) is 129 Å². The third-order valence-electron chi connectivity index (χ3n) is 4.19. The van der Waals surface area contributed by atoms with Gasteiger partial charge in [-0.15, -0.1) is 0 Å². The number of nitrogens with zero attached hydrogens (tertiary/aromatic N) is 1. The maximum atomic E-state index is 12.3. The summed E-state index contributed by atoms with van der Waals surface area (Å²) < 4.78 is 0. The van der Waals surface area contributed by atoms with Crippen molar-refractivity contribution < 1.29 is 0 Å². The first-order valence-electron chi connectivity index (χ1n) is 6.75. The molecule has 0 radical (unpaired) electrons. The second-order valence-corrected chi connectivity index (χ2v) is 5.35. The highest BCUT2D eigenvalue weighted by Crippen LogP contribution is 2.32. The predicted molar refractivity (Wildman–Crippen MR) is 84.8 cm³/mol. The molecule has 0 fully saturated rings. The fourth-order valence-corrected chi connectivity index (χ4v) is 3.28. The Hall–Kier alpha value is -3.55. The average Bonchev–Trinajstić information content (AvgIpc) is 3.18. The van der Waals surface area contributed by atoms with Crippen LogP contribution in [0.1, 0.15) is 0 Å². The Labute approximate surface area is 124 Å². The normalized spacial score (nSPS) is 12.2. The van der Waals surface area contributed by atoms with Crippen LogP contribution in [-0.2, 0) is 0 Å². The minimum Gasteiger partial charge on any atom is -0.349 e. The maximum Gasteiger partial charge on any atom is 0.261 e. The highest BCUT2D eigenvalue weighted by molar-refractivity contribution is 6.29. The van der Waals surface area contributed by atoms with Gasteiger partial charge in [-0.25, -0.2) is 4.98 Å². The van der Waals surface area contributed by atoms with Crippen LogP contribution < -0.4 is 22.0 Å². The van der Waals surface area contributed by atoms with E-state index in [1.165, 1.54) is 12.4 Å². The van der Waals surface area contributed by atoms with Crippen LogP contribution >= 0.6 is 0 Å². The number of nitrogens with one attached hydrogen (secondary N) is 3. The first-order chi connectivity index (χ1) is 11.1.